The van der Waals surface area contributed by atoms with Crippen molar-refractivity contribution in [3.63, 3.8) is 0 Å². The fraction of sp³-hybridized carbons (Fsp3) is 0.481. The molecule has 8 nitrogen and oxygen atoms in total. The Morgan fingerprint density at radius 3 is 2.71 bits per heavy atom. The zero-order chi connectivity index (χ0) is 24.6. The van der Waals surface area contributed by atoms with Crippen molar-refractivity contribution < 1.29 is 14.6 Å². The van der Waals surface area contributed by atoms with Gasteiger partial charge in [-0.05, 0) is 42.7 Å². The lowest BCUT2D eigenvalue weighted by Crippen LogP contribution is -2.40. The lowest BCUT2D eigenvalue weighted by Gasteiger charge is -2.33. The highest BCUT2D eigenvalue weighted by molar-refractivity contribution is 5.94. The highest BCUT2D eigenvalue weighted by Crippen LogP contribution is 2.29. The van der Waals surface area contributed by atoms with Gasteiger partial charge in [0.15, 0.2) is 5.82 Å². The number of benzene rings is 1. The van der Waals surface area contributed by atoms with Crippen LogP contribution in [0.3, 0.4) is 0 Å². The molecule has 1 aromatic heterocycles. The highest BCUT2D eigenvalue weighted by atomic mass is 16.5. The number of rotatable bonds is 10. The van der Waals surface area contributed by atoms with Crippen LogP contribution in [-0.2, 0) is 11.3 Å². The Bertz CT molecular complexity index is 1090. The van der Waals surface area contributed by atoms with Crippen molar-refractivity contribution in [3.8, 4) is 5.75 Å². The Kier molecular flexibility index (Phi) is 8.74. The summed E-state index contributed by atoms with van der Waals surface area (Å²) in [4.78, 5) is 4.63. The van der Waals surface area contributed by atoms with Crippen molar-refractivity contribution in [2.45, 2.75) is 31.9 Å². The molecule has 1 aliphatic carbocycles. The van der Waals surface area contributed by atoms with Crippen molar-refractivity contribution >= 4 is 16.6 Å². The monoisotopic (exact) mass is 479 g/mol. The molecule has 8 heteroatoms. The number of aliphatic hydroxyl groups excluding tert-OH is 1. The third kappa shape index (κ3) is 6.39. The quantitative estimate of drug-likeness (QED) is 0.537. The number of aromatic nitrogens is 2. The van der Waals surface area contributed by atoms with Crippen LogP contribution >= 0.6 is 0 Å². The molecule has 0 radical (unpaired) electrons. The van der Waals surface area contributed by atoms with Crippen LogP contribution in [-0.4, -0.2) is 85.2 Å². The molecule has 1 aliphatic heterocycles. The Morgan fingerprint density at radius 1 is 1.14 bits per heavy atom. The van der Waals surface area contributed by atoms with Gasteiger partial charge in [0.2, 0.25) is 0 Å². The summed E-state index contributed by atoms with van der Waals surface area (Å²) in [5.74, 6) is 1.60. The van der Waals surface area contributed by atoms with Gasteiger partial charge >= 0.3 is 0 Å². The van der Waals surface area contributed by atoms with E-state index in [-0.39, 0.29) is 6.61 Å². The predicted octanol–water partition coefficient (Wildman–Crippen LogP) is 3.36. The van der Waals surface area contributed by atoms with Gasteiger partial charge < -0.3 is 24.8 Å². The highest BCUT2D eigenvalue weighted by Gasteiger charge is 2.21. The molecule has 1 fully saturated rings. The summed E-state index contributed by atoms with van der Waals surface area (Å²) in [5.41, 5.74) is 3.38. The van der Waals surface area contributed by atoms with E-state index in [4.69, 9.17) is 9.47 Å². The Balaban J connectivity index is 1.38. The van der Waals surface area contributed by atoms with Crippen LogP contribution in [0.5, 0.6) is 5.75 Å². The molecule has 0 bridgehead atoms. The van der Waals surface area contributed by atoms with E-state index in [1.807, 2.05) is 25.2 Å². The molecule has 0 unspecified atom stereocenters. The molecular formula is C27H37N5O3. The second-order valence-electron chi connectivity index (χ2n) is 9.19. The maximum Gasteiger partial charge on any atom is 0.156 e. The maximum absolute atomic E-state index is 9.20. The van der Waals surface area contributed by atoms with E-state index in [0.29, 0.717) is 19.2 Å². The van der Waals surface area contributed by atoms with Gasteiger partial charge in [-0.3, -0.25) is 4.90 Å². The van der Waals surface area contributed by atoms with Gasteiger partial charge in [0.25, 0.3) is 0 Å². The molecule has 0 saturated carbocycles. The molecule has 2 aromatic rings. The number of allylic oxidation sites excluding steroid dienone is 3. The summed E-state index contributed by atoms with van der Waals surface area (Å²) in [5, 5.41) is 23.8. The van der Waals surface area contributed by atoms with E-state index >= 15 is 0 Å². The molecule has 2 N–H and O–H groups in total. The summed E-state index contributed by atoms with van der Waals surface area (Å²) in [7, 11) is 5.38. The van der Waals surface area contributed by atoms with E-state index in [2.05, 4.69) is 49.6 Å². The number of nitrogens with zero attached hydrogens (tertiary/aromatic N) is 4. The minimum Gasteiger partial charge on any atom is -0.497 e. The lowest BCUT2D eigenvalue weighted by molar-refractivity contribution is 0.182. The van der Waals surface area contributed by atoms with Gasteiger partial charge in [-0.25, -0.2) is 0 Å². The van der Waals surface area contributed by atoms with Gasteiger partial charge in [0.05, 0.1) is 26.0 Å². The SMILES string of the molecule is COCc1nnc(NC2CCN(CC3=CC=C(N(C)CCO)CC=C3)CC2)c2cc(OC)ccc12. The van der Waals surface area contributed by atoms with E-state index in [1.165, 1.54) is 11.3 Å². The molecular weight excluding hydrogens is 442 g/mol. The minimum absolute atomic E-state index is 0.170. The number of aliphatic hydroxyl groups is 1. The average molecular weight is 480 g/mol. The second-order valence-corrected chi connectivity index (χ2v) is 9.19. The first-order chi connectivity index (χ1) is 17.1. The van der Waals surface area contributed by atoms with Crippen molar-refractivity contribution in [1.29, 1.82) is 0 Å². The molecule has 0 atom stereocenters. The molecule has 0 spiro atoms. The number of hydrogen-bond donors (Lipinski definition) is 2. The number of ether oxygens (including phenoxy) is 2. The molecule has 2 heterocycles. The average Bonchev–Trinajstić information content (AvgIpc) is 3.12. The largest absolute Gasteiger partial charge is 0.497 e. The maximum atomic E-state index is 9.20. The standard InChI is InChI=1S/C27H37N5O3/c1-31(15-16-33)22-6-4-5-20(7-8-22)18-32-13-11-21(12-14-32)28-27-25-17-23(35-3)9-10-24(25)26(19-34-2)29-30-27/h4-5,7-10,17,21,33H,6,11-16,18-19H2,1-3H3,(H,28,30). The number of piperidine rings is 1. The number of likely N-dealkylation sites (tertiary alicyclic amines) is 1. The molecule has 35 heavy (non-hydrogen) atoms. The van der Waals surface area contributed by atoms with Crippen LogP contribution in [0.25, 0.3) is 10.8 Å². The fourth-order valence-corrected chi connectivity index (χ4v) is 4.69. The Morgan fingerprint density at radius 2 is 1.97 bits per heavy atom. The van der Waals surface area contributed by atoms with Crippen molar-refractivity contribution in [1.82, 2.24) is 20.0 Å². The summed E-state index contributed by atoms with van der Waals surface area (Å²) in [6.07, 6.45) is 11.8. The lowest BCUT2D eigenvalue weighted by atomic mass is 10.0. The molecule has 1 aromatic carbocycles. The van der Waals surface area contributed by atoms with Crippen LogP contribution in [0, 0.1) is 0 Å². The molecule has 4 rings (SSSR count). The zero-order valence-corrected chi connectivity index (χ0v) is 21.0. The Hall–Kier alpha value is -2.94. The van der Waals surface area contributed by atoms with Crippen LogP contribution in [0.1, 0.15) is 25.0 Å². The third-order valence-electron chi connectivity index (χ3n) is 6.75. The van der Waals surface area contributed by atoms with Gasteiger partial charge in [0, 0.05) is 69.3 Å². The summed E-state index contributed by atoms with van der Waals surface area (Å²) in [6.45, 7) is 4.25. The third-order valence-corrected chi connectivity index (χ3v) is 6.75. The molecule has 188 valence electrons. The van der Waals surface area contributed by atoms with E-state index in [1.54, 1.807) is 14.2 Å². The summed E-state index contributed by atoms with van der Waals surface area (Å²) < 4.78 is 10.8. The second kappa shape index (κ2) is 12.2. The predicted molar refractivity (Wildman–Crippen MR) is 140 cm³/mol. The van der Waals surface area contributed by atoms with Gasteiger partial charge in [-0.1, -0.05) is 18.2 Å². The number of fused-ring (bicyclic) bond motifs is 1. The summed E-state index contributed by atoms with van der Waals surface area (Å²) in [6, 6.07) is 6.34. The van der Waals surface area contributed by atoms with E-state index in [9.17, 15) is 5.11 Å². The first kappa shape index (κ1) is 25.2. The van der Waals surface area contributed by atoms with Crippen LogP contribution in [0.4, 0.5) is 5.82 Å². The number of nitrogens with one attached hydrogen (secondary N) is 1. The molecule has 2 aliphatic rings. The van der Waals surface area contributed by atoms with Gasteiger partial charge in [0.1, 0.15) is 5.75 Å². The van der Waals surface area contributed by atoms with E-state index in [0.717, 1.165) is 66.9 Å². The number of likely N-dealkylation sites (N-methyl/N-ethyl adjacent to an activating group) is 1. The zero-order valence-electron chi connectivity index (χ0n) is 21.0. The van der Waals surface area contributed by atoms with Gasteiger partial charge in [-0.15, -0.1) is 5.10 Å². The number of methoxy groups -OCH3 is 2. The molecule has 0 amide bonds. The summed E-state index contributed by atoms with van der Waals surface area (Å²) >= 11 is 0. The van der Waals surface area contributed by atoms with Crippen molar-refractivity contribution in [3.05, 3.63) is 59.5 Å². The van der Waals surface area contributed by atoms with Crippen molar-refractivity contribution in [2.24, 2.45) is 0 Å². The fourth-order valence-electron chi connectivity index (χ4n) is 4.69. The number of hydrogen-bond acceptors (Lipinski definition) is 8. The molecule has 1 saturated heterocycles. The van der Waals surface area contributed by atoms with Crippen molar-refractivity contribution in [2.75, 3.05) is 59.4 Å². The van der Waals surface area contributed by atoms with Crippen LogP contribution in [0.15, 0.2) is 53.8 Å². The van der Waals surface area contributed by atoms with Crippen LogP contribution in [0.2, 0.25) is 0 Å². The minimum atomic E-state index is 0.170. The smallest absolute Gasteiger partial charge is 0.156 e. The van der Waals surface area contributed by atoms with E-state index < -0.39 is 0 Å². The number of anilines is 1. The Labute approximate surface area is 207 Å². The first-order valence-corrected chi connectivity index (χ1v) is 12.3. The van der Waals surface area contributed by atoms with Crippen LogP contribution < -0.4 is 10.1 Å². The first-order valence-electron chi connectivity index (χ1n) is 12.3. The normalized spacial score (nSPS) is 17.1. The van der Waals surface area contributed by atoms with Gasteiger partial charge in [-0.2, -0.15) is 5.10 Å². The topological polar surface area (TPSA) is 83.0 Å².